The molecule has 176 valence electrons. The molecule has 4 N–H and O–H groups in total. The van der Waals surface area contributed by atoms with Crippen LogP contribution >= 0.6 is 0 Å². The molecule has 0 saturated heterocycles. The minimum absolute atomic E-state index is 0.0203. The van der Waals surface area contributed by atoms with Crippen molar-refractivity contribution in [3.05, 3.63) is 81.4 Å². The highest BCUT2D eigenvalue weighted by molar-refractivity contribution is 6.14. The Morgan fingerprint density at radius 1 is 0.943 bits per heavy atom. The van der Waals surface area contributed by atoms with E-state index in [9.17, 15) is 34.8 Å². The summed E-state index contributed by atoms with van der Waals surface area (Å²) in [5.74, 6) is -4.10. The number of aromatic carboxylic acids is 2. The number of carboxylic acids is 2. The zero-order chi connectivity index (χ0) is 25.1. The van der Waals surface area contributed by atoms with Crippen LogP contribution in [0.3, 0.4) is 0 Å². The Kier molecular flexibility index (Phi) is 4.76. The Morgan fingerprint density at radius 3 is 2.06 bits per heavy atom. The topological polar surface area (TPSA) is 163 Å². The first-order chi connectivity index (χ1) is 16.7. The Labute approximate surface area is 197 Å². The van der Waals surface area contributed by atoms with Crippen LogP contribution in [0.25, 0.3) is 0 Å². The van der Waals surface area contributed by atoms with Crippen molar-refractivity contribution in [3.8, 4) is 23.0 Å². The Morgan fingerprint density at radius 2 is 1.54 bits per heavy atom. The molecule has 0 saturated carbocycles. The van der Waals surface area contributed by atoms with Crippen LogP contribution in [-0.4, -0.2) is 51.1 Å². The molecule has 0 bridgehead atoms. The van der Waals surface area contributed by atoms with E-state index in [1.165, 1.54) is 42.5 Å². The number of phenols is 2. The van der Waals surface area contributed by atoms with Crippen LogP contribution < -0.4 is 4.74 Å². The van der Waals surface area contributed by atoms with Crippen molar-refractivity contribution >= 4 is 24.1 Å². The molecular formula is C25H17NO9. The summed E-state index contributed by atoms with van der Waals surface area (Å²) in [6, 6.07) is 9.29. The van der Waals surface area contributed by atoms with Gasteiger partial charge in [0.15, 0.2) is 5.60 Å². The van der Waals surface area contributed by atoms with Gasteiger partial charge in [-0.15, -0.1) is 0 Å². The van der Waals surface area contributed by atoms with E-state index in [0.29, 0.717) is 0 Å². The molecule has 0 atom stereocenters. The third-order valence-corrected chi connectivity index (χ3v) is 5.95. The molecule has 0 unspecified atom stereocenters. The van der Waals surface area contributed by atoms with Gasteiger partial charge in [-0.3, -0.25) is 4.99 Å². The highest BCUT2D eigenvalue weighted by Gasteiger charge is 2.55. The first-order valence-electron chi connectivity index (χ1n) is 10.4. The number of carbonyl (C=O) groups is 3. The summed E-state index contributed by atoms with van der Waals surface area (Å²) in [4.78, 5) is 41.9. The molecule has 1 spiro atoms. The first-order valence-corrected chi connectivity index (χ1v) is 10.4. The van der Waals surface area contributed by atoms with Crippen molar-refractivity contribution in [1.82, 2.24) is 0 Å². The Bertz CT molecular complexity index is 1440. The Hall–Kier alpha value is -4.86. The number of esters is 1. The predicted octanol–water partition coefficient (Wildman–Crippen LogP) is 3.50. The minimum Gasteiger partial charge on any atom is -0.508 e. The number of rotatable bonds is 4. The van der Waals surface area contributed by atoms with Gasteiger partial charge in [0.2, 0.25) is 0 Å². The zero-order valence-electron chi connectivity index (χ0n) is 18.1. The summed E-state index contributed by atoms with van der Waals surface area (Å²) < 4.78 is 11.7. The number of aromatic hydroxyl groups is 2. The first kappa shape index (κ1) is 22.0. The molecule has 0 fully saturated rings. The van der Waals surface area contributed by atoms with Gasteiger partial charge in [0.1, 0.15) is 23.0 Å². The van der Waals surface area contributed by atoms with Gasteiger partial charge < -0.3 is 29.9 Å². The van der Waals surface area contributed by atoms with Crippen LogP contribution in [0.4, 0.5) is 0 Å². The molecule has 10 heteroatoms. The minimum atomic E-state index is -1.80. The molecule has 0 radical (unpaired) electrons. The fraction of sp³-hybridized carbons (Fsp3) is 0.120. The van der Waals surface area contributed by atoms with E-state index >= 15 is 0 Å². The average molecular weight is 475 g/mol. The summed E-state index contributed by atoms with van der Waals surface area (Å²) >= 11 is 0. The van der Waals surface area contributed by atoms with Crippen molar-refractivity contribution in [2.24, 2.45) is 4.99 Å². The molecule has 0 aliphatic carbocycles. The molecule has 2 aliphatic heterocycles. The number of carboxylic acid groups (broad SMARTS) is 2. The highest BCUT2D eigenvalue weighted by Crippen LogP contribution is 2.57. The molecule has 3 aromatic carbocycles. The summed E-state index contributed by atoms with van der Waals surface area (Å²) in [6.07, 6.45) is 1.12. The van der Waals surface area contributed by atoms with Crippen LogP contribution in [0.15, 0.2) is 47.5 Å². The second-order valence-electron chi connectivity index (χ2n) is 7.91. The van der Waals surface area contributed by atoms with E-state index in [2.05, 4.69) is 4.99 Å². The van der Waals surface area contributed by atoms with E-state index in [0.717, 1.165) is 6.21 Å². The number of nitrogens with zero attached hydrogens (tertiary/aromatic N) is 1. The molecule has 2 aliphatic rings. The van der Waals surface area contributed by atoms with Crippen LogP contribution in [0.5, 0.6) is 23.0 Å². The number of fused-ring (bicyclic) bond motifs is 6. The molecule has 0 amide bonds. The fourth-order valence-corrected chi connectivity index (χ4v) is 4.59. The molecule has 2 heterocycles. The second-order valence-corrected chi connectivity index (χ2v) is 7.91. The van der Waals surface area contributed by atoms with Gasteiger partial charge in [-0.2, -0.15) is 0 Å². The lowest BCUT2D eigenvalue weighted by Crippen LogP contribution is -2.33. The van der Waals surface area contributed by atoms with Crippen LogP contribution in [0.1, 0.15) is 60.3 Å². The largest absolute Gasteiger partial charge is 0.508 e. The summed E-state index contributed by atoms with van der Waals surface area (Å²) in [6.45, 7) is 1.95. The van der Waals surface area contributed by atoms with Gasteiger partial charge in [0, 0.05) is 47.1 Å². The number of ether oxygens (including phenoxy) is 2. The lowest BCUT2D eigenvalue weighted by atomic mass is 9.75. The molecule has 3 aromatic rings. The van der Waals surface area contributed by atoms with E-state index < -0.39 is 29.1 Å². The van der Waals surface area contributed by atoms with Crippen molar-refractivity contribution in [2.45, 2.75) is 12.5 Å². The predicted molar refractivity (Wildman–Crippen MR) is 120 cm³/mol. The lowest BCUT2D eigenvalue weighted by molar-refractivity contribution is 0.0222. The SMILES string of the molecule is CCN=Cc1c(C(=O)O)cc2c(c1C(=O)O)C(=O)OC21c2ccc(O)cc2Oc2cc(O)ccc21. The molecule has 10 nitrogen and oxygen atoms in total. The number of phenolic OH excluding ortho intramolecular Hbond substituents is 2. The summed E-state index contributed by atoms with van der Waals surface area (Å²) in [7, 11) is 0. The number of benzene rings is 3. The molecule has 0 aromatic heterocycles. The lowest BCUT2D eigenvalue weighted by Gasteiger charge is -2.36. The van der Waals surface area contributed by atoms with Gasteiger partial charge in [-0.05, 0) is 37.3 Å². The zero-order valence-corrected chi connectivity index (χ0v) is 18.1. The summed E-state index contributed by atoms with van der Waals surface area (Å²) in [5.41, 5.74) is -2.83. The standard InChI is InChI=1S/C25H17NO9/c1-2-26-10-14-13(22(29)30)9-17-21(20(14)23(31)32)24(33)35-25(17)15-5-3-11(27)7-18(15)34-19-8-12(28)4-6-16(19)25/h3-10,27-28H,2H2,1H3,(H,29,30)(H,31,32). The molecule has 35 heavy (non-hydrogen) atoms. The van der Waals surface area contributed by atoms with Crippen LogP contribution in [0.2, 0.25) is 0 Å². The van der Waals surface area contributed by atoms with Gasteiger partial charge in [-0.25, -0.2) is 14.4 Å². The van der Waals surface area contributed by atoms with Gasteiger partial charge >= 0.3 is 17.9 Å². The molecular weight excluding hydrogens is 458 g/mol. The molecule has 5 rings (SSSR count). The maximum atomic E-state index is 13.3. The smallest absolute Gasteiger partial charge is 0.341 e. The quantitative estimate of drug-likeness (QED) is 0.327. The van der Waals surface area contributed by atoms with Gasteiger partial charge in [0.05, 0.1) is 16.7 Å². The average Bonchev–Trinajstić information content (AvgIpc) is 3.08. The number of hydrogen-bond acceptors (Lipinski definition) is 8. The third kappa shape index (κ3) is 3.03. The van der Waals surface area contributed by atoms with Crippen molar-refractivity contribution in [2.75, 3.05) is 6.54 Å². The van der Waals surface area contributed by atoms with Gasteiger partial charge in [-0.1, -0.05) is 0 Å². The van der Waals surface area contributed by atoms with Gasteiger partial charge in [0.25, 0.3) is 0 Å². The maximum absolute atomic E-state index is 13.3. The normalized spacial score (nSPS) is 14.7. The van der Waals surface area contributed by atoms with Crippen LogP contribution in [0, 0.1) is 0 Å². The number of carbonyl (C=O) groups excluding carboxylic acids is 1. The monoisotopic (exact) mass is 475 g/mol. The van der Waals surface area contributed by atoms with E-state index in [-0.39, 0.29) is 62.9 Å². The third-order valence-electron chi connectivity index (χ3n) is 5.95. The van der Waals surface area contributed by atoms with Crippen molar-refractivity contribution in [1.29, 1.82) is 0 Å². The van der Waals surface area contributed by atoms with E-state index in [1.54, 1.807) is 6.92 Å². The number of aliphatic imine (C=N–C) groups is 1. The van der Waals surface area contributed by atoms with Crippen LogP contribution in [-0.2, 0) is 10.3 Å². The van der Waals surface area contributed by atoms with Crippen molar-refractivity contribution in [3.63, 3.8) is 0 Å². The maximum Gasteiger partial charge on any atom is 0.341 e. The van der Waals surface area contributed by atoms with Crippen molar-refractivity contribution < 1.29 is 44.3 Å². The highest BCUT2D eigenvalue weighted by atomic mass is 16.6. The number of hydrogen-bond donors (Lipinski definition) is 4. The van der Waals surface area contributed by atoms with E-state index in [4.69, 9.17) is 9.47 Å². The van der Waals surface area contributed by atoms with E-state index in [1.807, 2.05) is 0 Å². The second kappa shape index (κ2) is 7.59. The summed E-state index contributed by atoms with van der Waals surface area (Å²) in [5, 5.41) is 40.0. The Balaban J connectivity index is 1.96. The fourth-order valence-electron chi connectivity index (χ4n) is 4.59.